The zero-order chi connectivity index (χ0) is 22.8. The average Bonchev–Trinajstić information content (AvgIpc) is 3.04. The summed E-state index contributed by atoms with van der Waals surface area (Å²) in [5, 5.41) is 2.59. The Labute approximate surface area is 189 Å². The van der Waals surface area contributed by atoms with Crippen molar-refractivity contribution in [1.82, 2.24) is 0 Å². The second-order valence-corrected chi connectivity index (χ2v) is 7.73. The van der Waals surface area contributed by atoms with Gasteiger partial charge in [0.25, 0.3) is 17.7 Å². The third kappa shape index (κ3) is 4.28. The zero-order valence-corrected chi connectivity index (χ0v) is 17.9. The third-order valence-electron chi connectivity index (χ3n) is 4.67. The summed E-state index contributed by atoms with van der Waals surface area (Å²) >= 11 is 3.29. The molecule has 0 atom stereocenters. The zero-order valence-electron chi connectivity index (χ0n) is 16.3. The maximum atomic E-state index is 13.2. The van der Waals surface area contributed by atoms with E-state index in [-0.39, 0.29) is 22.4 Å². The van der Waals surface area contributed by atoms with Crippen LogP contribution in [0.25, 0.3) is 0 Å². The molecule has 7 nitrogen and oxygen atoms in total. The highest BCUT2D eigenvalue weighted by atomic mass is 79.9. The Morgan fingerprint density at radius 1 is 0.906 bits per heavy atom. The van der Waals surface area contributed by atoms with Crippen molar-refractivity contribution >= 4 is 51.0 Å². The number of fused-ring (bicyclic) bond motifs is 1. The third-order valence-corrected chi connectivity index (χ3v) is 5.20. The van der Waals surface area contributed by atoms with E-state index in [4.69, 9.17) is 4.74 Å². The molecule has 0 saturated heterocycles. The van der Waals surface area contributed by atoms with Crippen LogP contribution in [0.2, 0.25) is 0 Å². The van der Waals surface area contributed by atoms with E-state index < -0.39 is 36.1 Å². The number of rotatable bonds is 5. The van der Waals surface area contributed by atoms with Crippen molar-refractivity contribution in [3.8, 4) is 0 Å². The summed E-state index contributed by atoms with van der Waals surface area (Å²) in [6.45, 7) is -0.527. The maximum absolute atomic E-state index is 13.2. The topological polar surface area (TPSA) is 92.8 Å². The molecule has 0 bridgehead atoms. The standard InChI is InChI=1S/C23H14BrFN2O5/c24-14-2-6-16(7-3-14)26-20(28)12-32-23(31)13-1-10-18-19(11-13)22(30)27(21(18)29)17-8-4-15(25)5-9-17/h1-11H,12H2,(H,26,28). The molecule has 0 aliphatic carbocycles. The number of imide groups is 1. The van der Waals surface area contributed by atoms with Crippen molar-refractivity contribution in [2.24, 2.45) is 0 Å². The van der Waals surface area contributed by atoms with Crippen molar-refractivity contribution in [1.29, 1.82) is 0 Å². The first kappa shape index (κ1) is 21.4. The highest BCUT2D eigenvalue weighted by molar-refractivity contribution is 9.10. The van der Waals surface area contributed by atoms with Gasteiger partial charge in [-0.2, -0.15) is 0 Å². The second kappa shape index (κ2) is 8.72. The van der Waals surface area contributed by atoms with Crippen molar-refractivity contribution in [2.75, 3.05) is 16.8 Å². The van der Waals surface area contributed by atoms with Crippen LogP contribution in [0.4, 0.5) is 15.8 Å². The molecule has 1 heterocycles. The number of benzene rings is 3. The normalized spacial score (nSPS) is 12.5. The number of hydrogen-bond acceptors (Lipinski definition) is 5. The molecule has 32 heavy (non-hydrogen) atoms. The Bertz CT molecular complexity index is 1240. The number of hydrogen-bond donors (Lipinski definition) is 1. The second-order valence-electron chi connectivity index (χ2n) is 6.81. The fourth-order valence-electron chi connectivity index (χ4n) is 3.14. The summed E-state index contributed by atoms with van der Waals surface area (Å²) in [4.78, 5) is 50.7. The number of nitrogens with one attached hydrogen (secondary N) is 1. The van der Waals surface area contributed by atoms with Gasteiger partial charge in [-0.05, 0) is 66.7 Å². The van der Waals surface area contributed by atoms with Gasteiger partial charge in [-0.25, -0.2) is 14.1 Å². The molecule has 9 heteroatoms. The number of halogens is 2. The molecule has 1 N–H and O–H groups in total. The smallest absolute Gasteiger partial charge is 0.338 e. The van der Waals surface area contributed by atoms with Gasteiger partial charge in [0.05, 0.1) is 22.4 Å². The maximum Gasteiger partial charge on any atom is 0.338 e. The number of amides is 3. The van der Waals surface area contributed by atoms with Crippen LogP contribution in [0.1, 0.15) is 31.1 Å². The first-order chi connectivity index (χ1) is 15.3. The van der Waals surface area contributed by atoms with Gasteiger partial charge in [0.1, 0.15) is 5.82 Å². The van der Waals surface area contributed by atoms with Crippen LogP contribution >= 0.6 is 15.9 Å². The molecule has 3 amide bonds. The summed E-state index contributed by atoms with van der Waals surface area (Å²) in [5.41, 5.74) is 0.905. The van der Waals surface area contributed by atoms with E-state index in [1.54, 1.807) is 24.3 Å². The van der Waals surface area contributed by atoms with Gasteiger partial charge in [0, 0.05) is 10.2 Å². The van der Waals surface area contributed by atoms with Crippen LogP contribution in [0, 0.1) is 5.82 Å². The largest absolute Gasteiger partial charge is 0.452 e. The molecule has 0 saturated carbocycles. The lowest BCUT2D eigenvalue weighted by Gasteiger charge is -2.13. The van der Waals surface area contributed by atoms with Crippen LogP contribution in [-0.4, -0.2) is 30.3 Å². The molecular formula is C23H14BrFN2O5. The van der Waals surface area contributed by atoms with E-state index in [0.717, 1.165) is 21.5 Å². The molecule has 0 radical (unpaired) electrons. The molecule has 1 aliphatic heterocycles. The molecule has 0 aromatic heterocycles. The van der Waals surface area contributed by atoms with Crippen LogP contribution in [-0.2, 0) is 9.53 Å². The van der Waals surface area contributed by atoms with Gasteiger partial charge < -0.3 is 10.1 Å². The Balaban J connectivity index is 1.44. The van der Waals surface area contributed by atoms with Crippen LogP contribution in [0.3, 0.4) is 0 Å². The lowest BCUT2D eigenvalue weighted by molar-refractivity contribution is -0.119. The Hall–Kier alpha value is -3.85. The van der Waals surface area contributed by atoms with Gasteiger partial charge in [-0.1, -0.05) is 15.9 Å². The van der Waals surface area contributed by atoms with E-state index >= 15 is 0 Å². The summed E-state index contributed by atoms with van der Waals surface area (Å²) in [6, 6.07) is 15.7. The summed E-state index contributed by atoms with van der Waals surface area (Å²) in [5.74, 6) is -3.07. The SMILES string of the molecule is O=C(COC(=O)c1ccc2c(c1)C(=O)N(c1ccc(F)cc1)C2=O)Nc1ccc(Br)cc1. The minimum absolute atomic E-state index is 0.0160. The molecule has 4 rings (SSSR count). The van der Waals surface area contributed by atoms with Crippen LogP contribution in [0.5, 0.6) is 0 Å². The van der Waals surface area contributed by atoms with E-state index in [0.29, 0.717) is 5.69 Å². The highest BCUT2D eigenvalue weighted by Crippen LogP contribution is 2.29. The van der Waals surface area contributed by atoms with E-state index in [9.17, 15) is 23.6 Å². The molecule has 3 aromatic carbocycles. The molecule has 0 unspecified atom stereocenters. The van der Waals surface area contributed by atoms with E-state index in [1.165, 1.54) is 30.3 Å². The van der Waals surface area contributed by atoms with Crippen molar-refractivity contribution in [3.63, 3.8) is 0 Å². The lowest BCUT2D eigenvalue weighted by Crippen LogP contribution is -2.29. The Morgan fingerprint density at radius 2 is 1.56 bits per heavy atom. The van der Waals surface area contributed by atoms with Crippen LogP contribution in [0.15, 0.2) is 71.2 Å². The minimum Gasteiger partial charge on any atom is -0.452 e. The van der Waals surface area contributed by atoms with Gasteiger partial charge in [0.2, 0.25) is 0 Å². The predicted octanol–water partition coefficient (Wildman–Crippen LogP) is 4.18. The quantitative estimate of drug-likeness (QED) is 0.422. The first-order valence-electron chi connectivity index (χ1n) is 9.34. The monoisotopic (exact) mass is 496 g/mol. The predicted molar refractivity (Wildman–Crippen MR) is 117 cm³/mol. The number of carbonyl (C=O) groups is 4. The van der Waals surface area contributed by atoms with Gasteiger partial charge in [-0.15, -0.1) is 0 Å². The van der Waals surface area contributed by atoms with Gasteiger partial charge in [-0.3, -0.25) is 14.4 Å². The van der Waals surface area contributed by atoms with E-state index in [1.807, 2.05) is 0 Å². The average molecular weight is 497 g/mol. The summed E-state index contributed by atoms with van der Waals surface area (Å²) in [6.07, 6.45) is 0. The molecule has 0 fully saturated rings. The minimum atomic E-state index is -0.820. The van der Waals surface area contributed by atoms with E-state index in [2.05, 4.69) is 21.2 Å². The number of nitrogens with zero attached hydrogens (tertiary/aromatic N) is 1. The molecule has 160 valence electrons. The fourth-order valence-corrected chi connectivity index (χ4v) is 3.40. The molecule has 0 spiro atoms. The molecular weight excluding hydrogens is 483 g/mol. The van der Waals surface area contributed by atoms with Gasteiger partial charge >= 0.3 is 5.97 Å². The summed E-state index contributed by atoms with van der Waals surface area (Å²) < 4.78 is 19.0. The number of esters is 1. The molecule has 1 aliphatic rings. The summed E-state index contributed by atoms with van der Waals surface area (Å²) in [7, 11) is 0. The van der Waals surface area contributed by atoms with Crippen molar-refractivity contribution in [2.45, 2.75) is 0 Å². The lowest BCUT2D eigenvalue weighted by atomic mass is 10.1. The molecule has 3 aromatic rings. The Morgan fingerprint density at radius 3 is 2.25 bits per heavy atom. The Kier molecular flexibility index (Phi) is 5.83. The highest BCUT2D eigenvalue weighted by Gasteiger charge is 2.37. The van der Waals surface area contributed by atoms with Crippen molar-refractivity contribution < 1.29 is 28.3 Å². The number of anilines is 2. The fraction of sp³-hybridized carbons (Fsp3) is 0.0435. The number of ether oxygens (including phenoxy) is 1. The number of carbonyl (C=O) groups excluding carboxylic acids is 4. The van der Waals surface area contributed by atoms with Crippen molar-refractivity contribution in [3.05, 3.63) is 93.7 Å². The first-order valence-corrected chi connectivity index (χ1v) is 10.1. The van der Waals surface area contributed by atoms with Gasteiger partial charge in [0.15, 0.2) is 6.61 Å². The van der Waals surface area contributed by atoms with Crippen LogP contribution < -0.4 is 10.2 Å².